The summed E-state index contributed by atoms with van der Waals surface area (Å²) in [7, 11) is 0. The van der Waals surface area contributed by atoms with Gasteiger partial charge in [-0.15, -0.1) is 0 Å². The number of ether oxygens (including phenoxy) is 1. The summed E-state index contributed by atoms with van der Waals surface area (Å²) in [5, 5.41) is 3.31. The fourth-order valence-electron chi connectivity index (χ4n) is 1.93. The van der Waals surface area contributed by atoms with Crippen LogP contribution in [0.3, 0.4) is 0 Å². The molecule has 0 saturated carbocycles. The normalized spacial score (nSPS) is 19.7. The van der Waals surface area contributed by atoms with Crippen LogP contribution in [0.15, 0.2) is 28.7 Å². The van der Waals surface area contributed by atoms with Gasteiger partial charge < -0.3 is 15.0 Å². The highest BCUT2D eigenvalue weighted by atomic mass is 79.9. The van der Waals surface area contributed by atoms with Crippen LogP contribution in [0.5, 0.6) is 5.75 Å². The van der Waals surface area contributed by atoms with Crippen LogP contribution in [0.25, 0.3) is 0 Å². The van der Waals surface area contributed by atoms with Gasteiger partial charge in [-0.3, -0.25) is 4.79 Å². The van der Waals surface area contributed by atoms with Gasteiger partial charge in [0.1, 0.15) is 5.75 Å². The number of carbonyl (C=O) groups excluding carboxylic acids is 1. The lowest BCUT2D eigenvalue weighted by Crippen LogP contribution is -2.52. The molecule has 1 aliphatic heterocycles. The second kappa shape index (κ2) is 6.20. The van der Waals surface area contributed by atoms with Crippen molar-refractivity contribution >= 4 is 21.8 Å². The Morgan fingerprint density at radius 1 is 1.50 bits per heavy atom. The Balaban J connectivity index is 1.82. The number of nitrogens with zero attached hydrogens (tertiary/aromatic N) is 1. The van der Waals surface area contributed by atoms with E-state index >= 15 is 0 Å². The van der Waals surface area contributed by atoms with Crippen LogP contribution in [0.1, 0.15) is 6.92 Å². The molecule has 0 spiro atoms. The van der Waals surface area contributed by atoms with Gasteiger partial charge in [0, 0.05) is 30.1 Å². The highest BCUT2D eigenvalue weighted by molar-refractivity contribution is 9.10. The summed E-state index contributed by atoms with van der Waals surface area (Å²) in [5.41, 5.74) is 0. The van der Waals surface area contributed by atoms with Crippen LogP contribution in [0, 0.1) is 0 Å². The maximum absolute atomic E-state index is 11.9. The van der Waals surface area contributed by atoms with Gasteiger partial charge in [0.2, 0.25) is 0 Å². The molecule has 1 unspecified atom stereocenters. The number of piperazine rings is 1. The first-order valence-electron chi connectivity index (χ1n) is 6.04. The predicted molar refractivity (Wildman–Crippen MR) is 73.7 cm³/mol. The van der Waals surface area contributed by atoms with Gasteiger partial charge in [0.05, 0.1) is 0 Å². The molecule has 0 radical (unpaired) electrons. The van der Waals surface area contributed by atoms with Crippen LogP contribution in [-0.2, 0) is 4.79 Å². The Bertz CT molecular complexity index is 408. The van der Waals surface area contributed by atoms with Gasteiger partial charge in [0.25, 0.3) is 5.91 Å². The van der Waals surface area contributed by atoms with E-state index in [1.165, 1.54) is 0 Å². The van der Waals surface area contributed by atoms with Crippen molar-refractivity contribution in [1.82, 2.24) is 10.2 Å². The van der Waals surface area contributed by atoms with Crippen LogP contribution in [0.2, 0.25) is 0 Å². The van der Waals surface area contributed by atoms with Gasteiger partial charge in [-0.2, -0.15) is 0 Å². The second-order valence-electron chi connectivity index (χ2n) is 4.44. The van der Waals surface area contributed by atoms with Crippen molar-refractivity contribution in [3.05, 3.63) is 28.7 Å². The van der Waals surface area contributed by atoms with E-state index in [-0.39, 0.29) is 12.5 Å². The third-order valence-corrected chi connectivity index (χ3v) is 3.43. The summed E-state index contributed by atoms with van der Waals surface area (Å²) in [4.78, 5) is 13.8. The van der Waals surface area contributed by atoms with E-state index in [9.17, 15) is 4.79 Å². The average molecular weight is 313 g/mol. The number of hydrogen-bond donors (Lipinski definition) is 1. The molecular weight excluding hydrogens is 296 g/mol. The Morgan fingerprint density at radius 3 is 2.89 bits per heavy atom. The molecule has 98 valence electrons. The van der Waals surface area contributed by atoms with Crippen molar-refractivity contribution < 1.29 is 9.53 Å². The molecule has 2 rings (SSSR count). The van der Waals surface area contributed by atoms with E-state index in [1.807, 2.05) is 29.2 Å². The molecule has 4 nitrogen and oxygen atoms in total. The lowest BCUT2D eigenvalue weighted by Gasteiger charge is -2.31. The first kappa shape index (κ1) is 13.4. The number of carbonyl (C=O) groups is 1. The molecule has 1 aromatic carbocycles. The number of halogens is 1. The maximum atomic E-state index is 11.9. The summed E-state index contributed by atoms with van der Waals surface area (Å²) in [6.45, 7) is 4.55. The molecule has 1 atom stereocenters. The van der Waals surface area contributed by atoms with E-state index in [1.54, 1.807) is 0 Å². The van der Waals surface area contributed by atoms with Gasteiger partial charge >= 0.3 is 0 Å². The highest BCUT2D eigenvalue weighted by Gasteiger charge is 2.20. The first-order chi connectivity index (χ1) is 8.65. The zero-order valence-corrected chi connectivity index (χ0v) is 11.9. The summed E-state index contributed by atoms with van der Waals surface area (Å²) >= 11 is 3.36. The molecule has 1 aromatic rings. The molecule has 18 heavy (non-hydrogen) atoms. The number of amides is 1. The third kappa shape index (κ3) is 3.71. The van der Waals surface area contributed by atoms with Crippen molar-refractivity contribution in [3.63, 3.8) is 0 Å². The lowest BCUT2D eigenvalue weighted by atomic mass is 10.2. The zero-order chi connectivity index (χ0) is 13.0. The lowest BCUT2D eigenvalue weighted by molar-refractivity contribution is -0.134. The molecule has 5 heteroatoms. The molecule has 0 aromatic heterocycles. The summed E-state index contributed by atoms with van der Waals surface area (Å²) in [5.74, 6) is 0.765. The summed E-state index contributed by atoms with van der Waals surface area (Å²) in [6, 6.07) is 7.84. The van der Waals surface area contributed by atoms with E-state index < -0.39 is 0 Å². The average Bonchev–Trinajstić information content (AvgIpc) is 2.38. The van der Waals surface area contributed by atoms with Gasteiger partial charge in [-0.1, -0.05) is 15.9 Å². The third-order valence-electron chi connectivity index (χ3n) is 2.90. The minimum absolute atomic E-state index is 0.0475. The molecular formula is C13H17BrN2O2. The number of hydrogen-bond acceptors (Lipinski definition) is 3. The van der Waals surface area contributed by atoms with Crippen molar-refractivity contribution in [2.45, 2.75) is 13.0 Å². The van der Waals surface area contributed by atoms with Crippen molar-refractivity contribution in [1.29, 1.82) is 0 Å². The Hall–Kier alpha value is -1.07. The van der Waals surface area contributed by atoms with Gasteiger partial charge in [0.15, 0.2) is 6.61 Å². The molecule has 1 N–H and O–H groups in total. The van der Waals surface area contributed by atoms with Crippen molar-refractivity contribution in [2.24, 2.45) is 0 Å². The van der Waals surface area contributed by atoms with Crippen LogP contribution < -0.4 is 10.1 Å². The minimum Gasteiger partial charge on any atom is -0.484 e. The van der Waals surface area contributed by atoms with E-state index in [4.69, 9.17) is 4.74 Å². The standard InChI is InChI=1S/C13H17BrN2O2/c1-10-8-16(7-6-15-10)13(17)9-18-12-4-2-11(14)3-5-12/h2-5,10,15H,6-9H2,1H3. The fraction of sp³-hybridized carbons (Fsp3) is 0.462. The largest absolute Gasteiger partial charge is 0.484 e. The number of rotatable bonds is 3. The fourth-order valence-corrected chi connectivity index (χ4v) is 2.19. The predicted octanol–water partition coefficient (Wildman–Crippen LogP) is 1.65. The van der Waals surface area contributed by atoms with E-state index in [0.717, 1.165) is 29.9 Å². The molecule has 1 heterocycles. The SMILES string of the molecule is CC1CN(C(=O)COc2ccc(Br)cc2)CCN1. The zero-order valence-electron chi connectivity index (χ0n) is 10.4. The number of benzene rings is 1. The maximum Gasteiger partial charge on any atom is 0.260 e. The minimum atomic E-state index is 0.0475. The van der Waals surface area contributed by atoms with E-state index in [0.29, 0.717) is 6.04 Å². The second-order valence-corrected chi connectivity index (χ2v) is 5.35. The van der Waals surface area contributed by atoms with Crippen LogP contribution in [0.4, 0.5) is 0 Å². The summed E-state index contributed by atoms with van der Waals surface area (Å²) < 4.78 is 6.48. The molecule has 1 fully saturated rings. The Kier molecular flexibility index (Phi) is 4.60. The van der Waals surface area contributed by atoms with Crippen molar-refractivity contribution in [3.8, 4) is 5.75 Å². The molecule has 1 aliphatic rings. The quantitative estimate of drug-likeness (QED) is 0.922. The molecule has 1 amide bonds. The van der Waals surface area contributed by atoms with E-state index in [2.05, 4.69) is 28.2 Å². The Labute approximate surface area is 115 Å². The molecule has 1 saturated heterocycles. The highest BCUT2D eigenvalue weighted by Crippen LogP contribution is 2.16. The van der Waals surface area contributed by atoms with Crippen LogP contribution >= 0.6 is 15.9 Å². The van der Waals surface area contributed by atoms with Crippen molar-refractivity contribution in [2.75, 3.05) is 26.2 Å². The Morgan fingerprint density at radius 2 is 2.22 bits per heavy atom. The monoisotopic (exact) mass is 312 g/mol. The van der Waals surface area contributed by atoms with Gasteiger partial charge in [-0.05, 0) is 31.2 Å². The molecule has 0 bridgehead atoms. The summed E-state index contributed by atoms with van der Waals surface area (Å²) in [6.07, 6.45) is 0. The number of nitrogens with one attached hydrogen (secondary N) is 1. The van der Waals surface area contributed by atoms with Crippen LogP contribution in [-0.4, -0.2) is 43.1 Å². The first-order valence-corrected chi connectivity index (χ1v) is 6.84. The van der Waals surface area contributed by atoms with Gasteiger partial charge in [-0.25, -0.2) is 0 Å². The molecule has 0 aliphatic carbocycles. The smallest absolute Gasteiger partial charge is 0.260 e. The topological polar surface area (TPSA) is 41.6 Å².